The second kappa shape index (κ2) is 7.70. The molecule has 6 nitrogen and oxygen atoms in total. The molecule has 29 heavy (non-hydrogen) atoms. The molecule has 0 aliphatic carbocycles. The zero-order valence-corrected chi connectivity index (χ0v) is 14.2. The monoisotopic (exact) mass is 411 g/mol. The number of aromatic nitrogens is 2. The zero-order valence-electron chi connectivity index (χ0n) is 14.2. The van der Waals surface area contributed by atoms with Gasteiger partial charge in [0.2, 0.25) is 6.20 Å². The largest absolute Gasteiger partial charge is 0.619 e. The number of hydrogen-bond acceptors (Lipinski definition) is 4. The van der Waals surface area contributed by atoms with Gasteiger partial charge in [-0.25, -0.2) is 8.78 Å². The number of hydrogen-bond donors (Lipinski definition) is 1. The smallest absolute Gasteiger partial charge is 0.433 e. The summed E-state index contributed by atoms with van der Waals surface area (Å²) in [6.07, 6.45) is -2.03. The van der Waals surface area contributed by atoms with Crippen molar-refractivity contribution >= 4 is 11.6 Å². The normalized spacial score (nSPS) is 11.2. The summed E-state index contributed by atoms with van der Waals surface area (Å²) in [5.41, 5.74) is -1.72. The van der Waals surface area contributed by atoms with Crippen molar-refractivity contribution in [3.63, 3.8) is 0 Å². The summed E-state index contributed by atoms with van der Waals surface area (Å²) in [7, 11) is 0. The molecule has 0 saturated carbocycles. The van der Waals surface area contributed by atoms with E-state index in [4.69, 9.17) is 4.74 Å². The molecule has 0 unspecified atom stereocenters. The number of halogens is 5. The molecule has 0 aliphatic heterocycles. The van der Waals surface area contributed by atoms with Crippen molar-refractivity contribution in [1.29, 1.82) is 0 Å². The molecule has 2 aromatic heterocycles. The first-order valence-electron chi connectivity index (χ1n) is 7.84. The van der Waals surface area contributed by atoms with E-state index in [2.05, 4.69) is 10.3 Å². The van der Waals surface area contributed by atoms with Crippen LogP contribution in [0.5, 0.6) is 11.5 Å². The highest BCUT2D eigenvalue weighted by atomic mass is 19.4. The van der Waals surface area contributed by atoms with Crippen molar-refractivity contribution in [3.05, 3.63) is 83.1 Å². The van der Waals surface area contributed by atoms with Gasteiger partial charge in [-0.05, 0) is 18.2 Å². The number of alkyl halides is 3. The Kier molecular flexibility index (Phi) is 5.31. The Balaban J connectivity index is 1.98. The highest BCUT2D eigenvalue weighted by Gasteiger charge is 2.34. The molecule has 0 saturated heterocycles. The van der Waals surface area contributed by atoms with E-state index in [1.807, 2.05) is 0 Å². The predicted molar refractivity (Wildman–Crippen MR) is 89.0 cm³/mol. The van der Waals surface area contributed by atoms with Crippen LogP contribution in [0.2, 0.25) is 0 Å². The van der Waals surface area contributed by atoms with Crippen molar-refractivity contribution < 1.29 is 36.2 Å². The molecule has 2 heterocycles. The molecule has 11 heteroatoms. The van der Waals surface area contributed by atoms with Gasteiger partial charge < -0.3 is 15.3 Å². The molecule has 3 rings (SSSR count). The van der Waals surface area contributed by atoms with E-state index in [1.165, 1.54) is 12.1 Å². The fraction of sp³-hybridized carbons (Fsp3) is 0.0556. The van der Waals surface area contributed by atoms with Gasteiger partial charge in [0.05, 0.1) is 0 Å². The van der Waals surface area contributed by atoms with Gasteiger partial charge in [-0.3, -0.25) is 9.78 Å². The maximum atomic E-state index is 13.4. The van der Waals surface area contributed by atoms with Crippen LogP contribution in [0.3, 0.4) is 0 Å². The minimum absolute atomic E-state index is 0.0613. The maximum absolute atomic E-state index is 13.4. The molecule has 1 aromatic carbocycles. The molecule has 1 amide bonds. The summed E-state index contributed by atoms with van der Waals surface area (Å²) in [6, 6.07) is 5.47. The molecular formula is C18H10F5N3O3. The maximum Gasteiger partial charge on any atom is 0.433 e. The molecule has 0 atom stereocenters. The first-order chi connectivity index (χ1) is 13.6. The number of anilines is 1. The van der Waals surface area contributed by atoms with Crippen molar-refractivity contribution in [1.82, 2.24) is 4.98 Å². The molecule has 150 valence electrons. The van der Waals surface area contributed by atoms with Crippen LogP contribution >= 0.6 is 0 Å². The first kappa shape index (κ1) is 20.0. The molecule has 0 spiro atoms. The highest BCUT2D eigenvalue weighted by Crippen LogP contribution is 2.34. The minimum Gasteiger partial charge on any atom is -0.619 e. The number of nitrogens with zero attached hydrogens (tertiary/aromatic N) is 2. The number of carbonyl (C=O) groups excluding carboxylic acids is 1. The average molecular weight is 411 g/mol. The number of nitrogens with one attached hydrogen (secondary N) is 1. The van der Waals surface area contributed by atoms with Gasteiger partial charge in [-0.2, -0.15) is 17.9 Å². The molecule has 0 fully saturated rings. The van der Waals surface area contributed by atoms with E-state index in [0.717, 1.165) is 18.5 Å². The van der Waals surface area contributed by atoms with E-state index in [-0.39, 0.29) is 11.4 Å². The van der Waals surface area contributed by atoms with E-state index in [1.54, 1.807) is 0 Å². The standard InChI is InChI=1S/C18H10F5N3O3/c19-13-4-3-11(6-14(13)20)29-15-7-16(18(21,22)23)24-8-12(15)17(27)25-10-2-1-5-26(28)9-10/h1-9H,(H,25,27). The third-order valence-corrected chi connectivity index (χ3v) is 3.55. The molecule has 3 aromatic rings. The number of rotatable bonds is 4. The number of amides is 1. The Labute approximate surface area is 159 Å². The van der Waals surface area contributed by atoms with Gasteiger partial charge in [0, 0.05) is 24.4 Å². The second-order valence-electron chi connectivity index (χ2n) is 5.65. The predicted octanol–water partition coefficient (Wildman–Crippen LogP) is 4.06. The third-order valence-electron chi connectivity index (χ3n) is 3.55. The minimum atomic E-state index is -4.84. The Morgan fingerprint density at radius 1 is 1.14 bits per heavy atom. The molecule has 0 aliphatic rings. The molecule has 0 radical (unpaired) electrons. The lowest BCUT2D eigenvalue weighted by Gasteiger charge is -2.14. The lowest BCUT2D eigenvalue weighted by atomic mass is 10.2. The number of carbonyl (C=O) groups is 1. The van der Waals surface area contributed by atoms with Gasteiger partial charge in [0.25, 0.3) is 5.91 Å². The van der Waals surface area contributed by atoms with Crippen molar-refractivity contribution in [2.24, 2.45) is 0 Å². The second-order valence-corrected chi connectivity index (χ2v) is 5.65. The van der Waals surface area contributed by atoms with Crippen LogP contribution in [-0.2, 0) is 6.18 Å². The van der Waals surface area contributed by atoms with Crippen LogP contribution in [0.15, 0.2) is 55.0 Å². The van der Waals surface area contributed by atoms with E-state index in [0.29, 0.717) is 29.1 Å². The van der Waals surface area contributed by atoms with E-state index < -0.39 is 40.7 Å². The third kappa shape index (κ3) is 4.75. The molecular weight excluding hydrogens is 401 g/mol. The average Bonchev–Trinajstić information content (AvgIpc) is 2.64. The summed E-state index contributed by atoms with van der Waals surface area (Å²) < 4.78 is 71.0. The van der Waals surface area contributed by atoms with Crippen molar-refractivity contribution in [2.75, 3.05) is 5.32 Å². The summed E-state index contributed by atoms with van der Waals surface area (Å²) in [5.74, 6) is -4.34. The van der Waals surface area contributed by atoms with Gasteiger partial charge in [-0.1, -0.05) is 0 Å². The fourth-order valence-corrected chi connectivity index (χ4v) is 2.24. The molecule has 1 N–H and O–H groups in total. The van der Waals surface area contributed by atoms with Gasteiger partial charge >= 0.3 is 6.18 Å². The van der Waals surface area contributed by atoms with Crippen LogP contribution in [0.25, 0.3) is 0 Å². The van der Waals surface area contributed by atoms with Crippen molar-refractivity contribution in [3.8, 4) is 11.5 Å². The SMILES string of the molecule is O=C(Nc1ccc[n+]([O-])c1)c1cnc(C(F)(F)F)cc1Oc1ccc(F)c(F)c1. The zero-order chi connectivity index (χ0) is 21.2. The highest BCUT2D eigenvalue weighted by molar-refractivity contribution is 6.05. The Hall–Kier alpha value is -3.76. The summed E-state index contributed by atoms with van der Waals surface area (Å²) >= 11 is 0. The van der Waals surface area contributed by atoms with Crippen LogP contribution in [-0.4, -0.2) is 10.9 Å². The van der Waals surface area contributed by atoms with Crippen LogP contribution in [0, 0.1) is 16.8 Å². The van der Waals surface area contributed by atoms with Crippen LogP contribution < -0.4 is 14.8 Å². The number of benzene rings is 1. The topological polar surface area (TPSA) is 78.2 Å². The van der Waals surface area contributed by atoms with E-state index >= 15 is 0 Å². The Morgan fingerprint density at radius 2 is 1.90 bits per heavy atom. The summed E-state index contributed by atoms with van der Waals surface area (Å²) in [5, 5.41) is 13.6. The number of pyridine rings is 2. The summed E-state index contributed by atoms with van der Waals surface area (Å²) in [4.78, 5) is 15.7. The lowest BCUT2D eigenvalue weighted by Crippen LogP contribution is -2.25. The molecule has 0 bridgehead atoms. The van der Waals surface area contributed by atoms with Gasteiger partial charge in [0.15, 0.2) is 17.8 Å². The first-order valence-corrected chi connectivity index (χ1v) is 7.84. The van der Waals surface area contributed by atoms with Crippen molar-refractivity contribution in [2.45, 2.75) is 6.18 Å². The summed E-state index contributed by atoms with van der Waals surface area (Å²) in [6.45, 7) is 0. The fourth-order valence-electron chi connectivity index (χ4n) is 2.24. The van der Waals surface area contributed by atoms with Crippen LogP contribution in [0.1, 0.15) is 16.1 Å². The lowest BCUT2D eigenvalue weighted by molar-refractivity contribution is -0.604. The van der Waals surface area contributed by atoms with E-state index in [9.17, 15) is 32.0 Å². The Morgan fingerprint density at radius 3 is 2.55 bits per heavy atom. The Bertz CT molecular complexity index is 1070. The quantitative estimate of drug-likeness (QED) is 0.399. The number of ether oxygens (including phenoxy) is 1. The van der Waals surface area contributed by atoms with Gasteiger partial charge in [-0.15, -0.1) is 0 Å². The van der Waals surface area contributed by atoms with Gasteiger partial charge in [0.1, 0.15) is 28.4 Å². The van der Waals surface area contributed by atoms with Crippen LogP contribution in [0.4, 0.5) is 27.6 Å².